The second-order valence-electron chi connectivity index (χ2n) is 5.29. The minimum atomic E-state index is -2.99. The molecule has 8 heteroatoms. The molecule has 0 heterocycles. The van der Waals surface area contributed by atoms with Gasteiger partial charge < -0.3 is 25.8 Å². The first kappa shape index (κ1) is 19.5. The highest BCUT2D eigenvalue weighted by atomic mass is 32.2. The summed E-state index contributed by atoms with van der Waals surface area (Å²) in [5.74, 6) is 0.523. The summed E-state index contributed by atoms with van der Waals surface area (Å²) in [5.41, 5.74) is 7.24. The lowest BCUT2D eigenvalue weighted by atomic mass is 10.2. The number of hydrogen-bond acceptors (Lipinski definition) is 7. The molecule has 0 amide bonds. The normalized spacial score (nSPS) is 11.5. The third-order valence-electron chi connectivity index (χ3n) is 3.23. The van der Waals surface area contributed by atoms with E-state index in [-0.39, 0.29) is 19.6 Å². The van der Waals surface area contributed by atoms with E-state index in [1.807, 2.05) is 18.2 Å². The lowest BCUT2D eigenvalue weighted by Gasteiger charge is -2.18. The van der Waals surface area contributed by atoms with Crippen LogP contribution in [0, 0.1) is 0 Å². The molecule has 0 saturated heterocycles. The highest BCUT2D eigenvalue weighted by Crippen LogP contribution is 2.35. The van der Waals surface area contributed by atoms with Gasteiger partial charge in [-0.25, -0.2) is 5.32 Å². The van der Waals surface area contributed by atoms with Crippen LogP contribution in [0.25, 0.3) is 0 Å². The molecule has 0 spiro atoms. The maximum absolute atomic E-state index is 12.2. The smallest absolute Gasteiger partial charge is 0.343 e. The van der Waals surface area contributed by atoms with Crippen molar-refractivity contribution in [3.63, 3.8) is 0 Å². The van der Waals surface area contributed by atoms with Gasteiger partial charge in [-0.05, 0) is 35.9 Å². The van der Waals surface area contributed by atoms with Gasteiger partial charge >= 0.3 is 6.10 Å². The number of nitrogens with two attached hydrogens (primary N) is 1. The SMILES string of the molecule is Nc1ccccc1Sc1ccc(OCCCF)cc1CNC(O)(O)O. The van der Waals surface area contributed by atoms with E-state index in [1.165, 1.54) is 11.8 Å². The molecule has 6 N–H and O–H groups in total. The molecule has 0 radical (unpaired) electrons. The molecule has 2 aromatic rings. The van der Waals surface area contributed by atoms with Gasteiger partial charge in [0.1, 0.15) is 5.75 Å². The zero-order valence-electron chi connectivity index (χ0n) is 13.5. The van der Waals surface area contributed by atoms with Crippen LogP contribution in [0.4, 0.5) is 10.1 Å². The van der Waals surface area contributed by atoms with Crippen molar-refractivity contribution in [1.29, 1.82) is 0 Å². The Kier molecular flexibility index (Phi) is 7.03. The molecule has 136 valence electrons. The number of anilines is 1. The molecule has 25 heavy (non-hydrogen) atoms. The van der Waals surface area contributed by atoms with Crippen LogP contribution in [0.2, 0.25) is 0 Å². The van der Waals surface area contributed by atoms with Crippen LogP contribution < -0.4 is 15.8 Å². The first-order valence-electron chi connectivity index (χ1n) is 7.65. The van der Waals surface area contributed by atoms with Crippen molar-refractivity contribution in [2.24, 2.45) is 0 Å². The number of halogens is 1. The number of para-hydroxylation sites is 1. The van der Waals surface area contributed by atoms with Crippen molar-refractivity contribution in [3.8, 4) is 5.75 Å². The van der Waals surface area contributed by atoms with Crippen molar-refractivity contribution in [2.45, 2.75) is 28.9 Å². The van der Waals surface area contributed by atoms with E-state index >= 15 is 0 Å². The maximum Gasteiger partial charge on any atom is 0.343 e. The second-order valence-corrected chi connectivity index (χ2v) is 6.37. The molecule has 0 aliphatic heterocycles. The monoisotopic (exact) mass is 368 g/mol. The fourth-order valence-electron chi connectivity index (χ4n) is 2.03. The molecule has 0 fully saturated rings. The molecule has 0 atom stereocenters. The Morgan fingerprint density at radius 3 is 2.56 bits per heavy atom. The third kappa shape index (κ3) is 6.52. The maximum atomic E-state index is 12.2. The highest BCUT2D eigenvalue weighted by molar-refractivity contribution is 7.99. The van der Waals surface area contributed by atoms with E-state index in [2.05, 4.69) is 5.32 Å². The zero-order chi connectivity index (χ0) is 18.3. The van der Waals surface area contributed by atoms with Crippen LogP contribution in [0.5, 0.6) is 5.75 Å². The predicted octanol–water partition coefficient (Wildman–Crippen LogP) is 1.84. The summed E-state index contributed by atoms with van der Waals surface area (Å²) in [5, 5.41) is 29.3. The lowest BCUT2D eigenvalue weighted by molar-refractivity contribution is -0.332. The first-order valence-corrected chi connectivity index (χ1v) is 8.47. The van der Waals surface area contributed by atoms with E-state index in [4.69, 9.17) is 25.8 Å². The Morgan fingerprint density at radius 1 is 1.12 bits per heavy atom. The van der Waals surface area contributed by atoms with Gasteiger partial charge in [-0.1, -0.05) is 23.9 Å². The van der Waals surface area contributed by atoms with Gasteiger partial charge in [-0.15, -0.1) is 0 Å². The van der Waals surface area contributed by atoms with Crippen LogP contribution in [0.15, 0.2) is 52.3 Å². The fourth-order valence-corrected chi connectivity index (χ4v) is 3.00. The summed E-state index contributed by atoms with van der Waals surface area (Å²) in [6.07, 6.45) is -2.70. The van der Waals surface area contributed by atoms with Crippen molar-refractivity contribution in [2.75, 3.05) is 19.0 Å². The molecule has 2 rings (SSSR count). The number of benzene rings is 2. The number of alkyl halides is 1. The number of ether oxygens (including phenoxy) is 1. The topological polar surface area (TPSA) is 108 Å². The summed E-state index contributed by atoms with van der Waals surface area (Å²) in [6, 6.07) is 12.6. The average Bonchev–Trinajstić information content (AvgIpc) is 2.56. The summed E-state index contributed by atoms with van der Waals surface area (Å²) < 4.78 is 17.6. The van der Waals surface area contributed by atoms with Gasteiger partial charge in [0, 0.05) is 28.4 Å². The van der Waals surface area contributed by atoms with Gasteiger partial charge in [-0.2, -0.15) is 0 Å². The number of nitrogen functional groups attached to an aromatic ring is 1. The number of rotatable bonds is 9. The highest BCUT2D eigenvalue weighted by Gasteiger charge is 2.18. The van der Waals surface area contributed by atoms with Crippen LogP contribution in [0.1, 0.15) is 12.0 Å². The van der Waals surface area contributed by atoms with E-state index < -0.39 is 12.8 Å². The molecular formula is C17H21FN2O4S. The standard InChI is InChI=1S/C17H21FN2O4S/c18-8-3-9-24-13-6-7-15(12(10-13)11-20-17(21,22)23)25-16-5-2-1-4-14(16)19/h1-2,4-7,10,20-23H,3,8-9,11,19H2. The molecule has 0 bridgehead atoms. The van der Waals surface area contributed by atoms with Crippen molar-refractivity contribution in [1.82, 2.24) is 5.32 Å². The average molecular weight is 368 g/mol. The van der Waals surface area contributed by atoms with Crippen LogP contribution >= 0.6 is 11.8 Å². The third-order valence-corrected chi connectivity index (χ3v) is 4.44. The van der Waals surface area contributed by atoms with E-state index in [9.17, 15) is 4.39 Å². The van der Waals surface area contributed by atoms with Gasteiger partial charge in [-0.3, -0.25) is 4.39 Å². The van der Waals surface area contributed by atoms with Crippen LogP contribution in [-0.4, -0.2) is 34.7 Å². The molecule has 0 saturated carbocycles. The van der Waals surface area contributed by atoms with Gasteiger partial charge in [0.2, 0.25) is 0 Å². The Hall–Kier alpha value is -1.84. The van der Waals surface area contributed by atoms with E-state index in [0.29, 0.717) is 17.0 Å². The number of aliphatic hydroxyl groups is 3. The fraction of sp³-hybridized carbons (Fsp3) is 0.294. The predicted molar refractivity (Wildman–Crippen MR) is 93.7 cm³/mol. The molecule has 6 nitrogen and oxygen atoms in total. The number of nitrogens with one attached hydrogen (secondary N) is 1. The molecule has 0 unspecified atom stereocenters. The van der Waals surface area contributed by atoms with Crippen molar-refractivity contribution in [3.05, 3.63) is 48.0 Å². The molecule has 0 aromatic heterocycles. The summed E-state index contributed by atoms with van der Waals surface area (Å²) >= 11 is 1.40. The van der Waals surface area contributed by atoms with Crippen LogP contribution in [0.3, 0.4) is 0 Å². The van der Waals surface area contributed by atoms with Gasteiger partial charge in [0.05, 0.1) is 13.3 Å². The largest absolute Gasteiger partial charge is 0.493 e. The molecule has 0 aliphatic carbocycles. The Bertz CT molecular complexity index is 695. The van der Waals surface area contributed by atoms with E-state index in [1.54, 1.807) is 24.3 Å². The number of hydrogen-bond donors (Lipinski definition) is 5. The van der Waals surface area contributed by atoms with Crippen molar-refractivity contribution < 1.29 is 24.4 Å². The minimum absolute atomic E-state index is 0.0289. The van der Waals surface area contributed by atoms with Crippen LogP contribution in [-0.2, 0) is 6.54 Å². The Morgan fingerprint density at radius 2 is 1.88 bits per heavy atom. The molecule has 0 aliphatic rings. The van der Waals surface area contributed by atoms with E-state index in [0.717, 1.165) is 9.79 Å². The molecular weight excluding hydrogens is 347 g/mol. The zero-order valence-corrected chi connectivity index (χ0v) is 14.3. The van der Waals surface area contributed by atoms with Gasteiger partial charge in [0.25, 0.3) is 0 Å². The Labute approximate surface area is 149 Å². The Balaban J connectivity index is 2.22. The summed E-state index contributed by atoms with van der Waals surface area (Å²) in [6.45, 7) is -0.248. The summed E-state index contributed by atoms with van der Waals surface area (Å²) in [4.78, 5) is 1.64. The lowest BCUT2D eigenvalue weighted by Crippen LogP contribution is -2.44. The van der Waals surface area contributed by atoms with Gasteiger partial charge in [0.15, 0.2) is 0 Å². The molecule has 2 aromatic carbocycles. The summed E-state index contributed by atoms with van der Waals surface area (Å²) in [7, 11) is 0. The second kappa shape index (κ2) is 9.02. The minimum Gasteiger partial charge on any atom is -0.493 e. The quantitative estimate of drug-likeness (QED) is 0.261. The van der Waals surface area contributed by atoms with Crippen molar-refractivity contribution >= 4 is 17.4 Å². The first-order chi connectivity index (χ1) is 11.9.